The summed E-state index contributed by atoms with van der Waals surface area (Å²) in [7, 11) is 0.388. The first kappa shape index (κ1) is 17.5. The Bertz CT molecular complexity index is 920. The molecule has 0 aliphatic carbocycles. The van der Waals surface area contributed by atoms with Gasteiger partial charge in [0.25, 0.3) is 0 Å². The van der Waals surface area contributed by atoms with Crippen LogP contribution in [0.15, 0.2) is 49.1 Å². The van der Waals surface area contributed by atoms with Gasteiger partial charge in [-0.05, 0) is 23.3 Å². The molecule has 1 heterocycles. The molecule has 2 aromatic rings. The van der Waals surface area contributed by atoms with Crippen LogP contribution < -0.4 is 14.8 Å². The first-order valence-corrected chi connectivity index (χ1v) is 9.73. The molecule has 1 aliphatic heterocycles. The highest BCUT2D eigenvalue weighted by molar-refractivity contribution is 7.88. The van der Waals surface area contributed by atoms with Gasteiger partial charge in [0.05, 0.1) is 5.75 Å². The van der Waals surface area contributed by atoms with Crippen molar-refractivity contribution >= 4 is 15.7 Å². The molecule has 2 N–H and O–H groups in total. The van der Waals surface area contributed by atoms with Crippen molar-refractivity contribution in [2.45, 2.75) is 18.3 Å². The number of nitrogens with two attached hydrogens (primary N) is 1. The minimum Gasteiger partial charge on any atom is -0.485 e. The van der Waals surface area contributed by atoms with E-state index in [4.69, 9.17) is 9.88 Å². The third-order valence-electron chi connectivity index (χ3n) is 4.24. The maximum absolute atomic E-state index is 11.4. The van der Waals surface area contributed by atoms with E-state index in [-0.39, 0.29) is 11.9 Å². The van der Waals surface area contributed by atoms with Crippen LogP contribution in [0.4, 0.5) is 5.69 Å². The summed E-state index contributed by atoms with van der Waals surface area (Å²) < 4.78 is 29.1. The van der Waals surface area contributed by atoms with Crippen LogP contribution in [0.1, 0.15) is 23.7 Å². The molecule has 5 nitrogen and oxygen atoms in total. The fraction of sp³-hybridized carbons (Fsp3) is 0.263. The van der Waals surface area contributed by atoms with E-state index in [0.717, 1.165) is 28.1 Å². The van der Waals surface area contributed by atoms with E-state index in [1.54, 1.807) is 0 Å². The molecule has 0 amide bonds. The van der Waals surface area contributed by atoms with Crippen LogP contribution in [-0.2, 0) is 15.8 Å². The van der Waals surface area contributed by atoms with E-state index in [9.17, 15) is 8.42 Å². The first-order chi connectivity index (χ1) is 11.8. The Balaban J connectivity index is 2.19. The van der Waals surface area contributed by atoms with Gasteiger partial charge in [0.2, 0.25) is 10.0 Å². The van der Waals surface area contributed by atoms with Gasteiger partial charge in [-0.25, -0.2) is 13.6 Å². The van der Waals surface area contributed by atoms with Crippen LogP contribution in [0.3, 0.4) is 0 Å². The molecule has 0 radical (unpaired) electrons. The van der Waals surface area contributed by atoms with Crippen LogP contribution in [0.25, 0.3) is 11.1 Å². The highest BCUT2D eigenvalue weighted by Gasteiger charge is 2.28. The third kappa shape index (κ3) is 3.55. The molecule has 6 heteroatoms. The Hall–Kier alpha value is -2.31. The molecule has 25 heavy (non-hydrogen) atoms. The molecule has 132 valence electrons. The molecular weight excluding hydrogens is 336 g/mol. The summed E-state index contributed by atoms with van der Waals surface area (Å²) in [4.78, 5) is 2.04. The number of primary sulfonamides is 1. The van der Waals surface area contributed by atoms with Crippen molar-refractivity contribution in [3.05, 3.63) is 60.2 Å². The largest absolute Gasteiger partial charge is 0.485 e. The molecule has 3 rings (SSSR count). The van der Waals surface area contributed by atoms with E-state index >= 15 is 0 Å². The molecule has 0 spiro atoms. The number of hydrogen-bond donors (Lipinski definition) is 1. The van der Waals surface area contributed by atoms with Gasteiger partial charge in [0, 0.05) is 37.3 Å². The smallest absolute Gasteiger partial charge is 0.213 e. The second-order valence-electron chi connectivity index (χ2n) is 6.40. The van der Waals surface area contributed by atoms with Crippen molar-refractivity contribution in [2.75, 3.05) is 19.0 Å². The molecule has 0 saturated heterocycles. The average Bonchev–Trinajstić information content (AvgIpc) is 2.53. The van der Waals surface area contributed by atoms with Crippen molar-refractivity contribution in [3.63, 3.8) is 0 Å². The van der Waals surface area contributed by atoms with Gasteiger partial charge in [0.15, 0.2) is 0 Å². The fourth-order valence-electron chi connectivity index (χ4n) is 3.23. The standard InChI is InChI=1S/C19H22N2O3S/c1-4-6-17-15-11-13(12-25(20,22)23)9-10-14(15)19-16(21(2)3)7-5-8-18(19)24-17/h4-5,7-11,17H,1,6,12H2,2-3H3,(H2,20,22,23). The van der Waals surface area contributed by atoms with Crippen molar-refractivity contribution in [3.8, 4) is 16.9 Å². The zero-order valence-electron chi connectivity index (χ0n) is 14.4. The highest BCUT2D eigenvalue weighted by atomic mass is 32.2. The fourth-order valence-corrected chi connectivity index (χ4v) is 3.88. The minimum absolute atomic E-state index is 0.191. The lowest BCUT2D eigenvalue weighted by molar-refractivity contribution is 0.206. The lowest BCUT2D eigenvalue weighted by Gasteiger charge is -2.31. The van der Waals surface area contributed by atoms with E-state index in [0.29, 0.717) is 12.0 Å². The van der Waals surface area contributed by atoms with Gasteiger partial charge in [-0.15, -0.1) is 6.58 Å². The predicted molar refractivity (Wildman–Crippen MR) is 101 cm³/mol. The maximum Gasteiger partial charge on any atom is 0.213 e. The third-order valence-corrected chi connectivity index (χ3v) is 4.97. The van der Waals surface area contributed by atoms with E-state index in [1.165, 1.54) is 0 Å². The second-order valence-corrected chi connectivity index (χ2v) is 8.02. The van der Waals surface area contributed by atoms with Crippen molar-refractivity contribution in [2.24, 2.45) is 5.14 Å². The molecule has 0 bridgehead atoms. The number of benzene rings is 2. The maximum atomic E-state index is 11.4. The SMILES string of the molecule is C=CCC1Oc2cccc(N(C)C)c2-c2ccc(CS(N)(=O)=O)cc21. The van der Waals surface area contributed by atoms with Crippen LogP contribution in [-0.4, -0.2) is 22.5 Å². The summed E-state index contributed by atoms with van der Waals surface area (Å²) in [5, 5.41) is 5.20. The van der Waals surface area contributed by atoms with Gasteiger partial charge in [-0.2, -0.15) is 0 Å². The van der Waals surface area contributed by atoms with Crippen LogP contribution in [0, 0.1) is 0 Å². The summed E-state index contributed by atoms with van der Waals surface area (Å²) in [5.41, 5.74) is 4.74. The second kappa shape index (κ2) is 6.54. The van der Waals surface area contributed by atoms with Crippen LogP contribution >= 0.6 is 0 Å². The number of ether oxygens (including phenoxy) is 1. The Labute approximate surface area is 148 Å². The number of sulfonamides is 1. The van der Waals surface area contributed by atoms with E-state index < -0.39 is 10.0 Å². The Morgan fingerprint density at radius 3 is 2.68 bits per heavy atom. The zero-order valence-corrected chi connectivity index (χ0v) is 15.2. The molecule has 0 fully saturated rings. The van der Waals surface area contributed by atoms with Gasteiger partial charge in [0.1, 0.15) is 11.9 Å². The zero-order chi connectivity index (χ0) is 18.2. The van der Waals surface area contributed by atoms with Crippen molar-refractivity contribution < 1.29 is 13.2 Å². The molecule has 1 aliphatic rings. The topological polar surface area (TPSA) is 72.6 Å². The Morgan fingerprint density at radius 2 is 2.04 bits per heavy atom. The molecule has 1 atom stereocenters. The predicted octanol–water partition coefficient (Wildman–Crippen LogP) is 3.22. The highest BCUT2D eigenvalue weighted by Crippen LogP contribution is 2.48. The Kier molecular flexibility index (Phi) is 4.58. The van der Waals surface area contributed by atoms with Gasteiger partial charge < -0.3 is 9.64 Å². The Morgan fingerprint density at radius 1 is 1.28 bits per heavy atom. The van der Waals surface area contributed by atoms with E-state index in [1.807, 2.05) is 61.5 Å². The summed E-state index contributed by atoms with van der Waals surface area (Å²) in [5.74, 6) is 0.633. The average molecular weight is 358 g/mol. The van der Waals surface area contributed by atoms with Crippen LogP contribution in [0.5, 0.6) is 5.75 Å². The summed E-state index contributed by atoms with van der Waals surface area (Å²) >= 11 is 0. The molecule has 0 aromatic heterocycles. The molecule has 2 aromatic carbocycles. The van der Waals surface area contributed by atoms with Gasteiger partial charge in [-0.1, -0.05) is 30.3 Å². The summed E-state index contributed by atoms with van der Waals surface area (Å²) in [6.07, 6.45) is 2.25. The van der Waals surface area contributed by atoms with E-state index in [2.05, 4.69) is 6.58 Å². The normalized spacial score (nSPS) is 15.7. The quantitative estimate of drug-likeness (QED) is 0.833. The lowest BCUT2D eigenvalue weighted by atomic mass is 9.89. The van der Waals surface area contributed by atoms with Crippen molar-refractivity contribution in [1.82, 2.24) is 0 Å². The number of hydrogen-bond acceptors (Lipinski definition) is 4. The number of fused-ring (bicyclic) bond motifs is 3. The molecule has 0 saturated carbocycles. The lowest BCUT2D eigenvalue weighted by Crippen LogP contribution is -2.18. The number of rotatable bonds is 5. The van der Waals surface area contributed by atoms with Crippen LogP contribution in [0.2, 0.25) is 0 Å². The minimum atomic E-state index is -3.58. The number of anilines is 1. The first-order valence-electron chi connectivity index (χ1n) is 8.01. The van der Waals surface area contributed by atoms with Crippen molar-refractivity contribution in [1.29, 1.82) is 0 Å². The molecular formula is C19H22N2O3S. The molecule has 1 unspecified atom stereocenters. The number of nitrogens with zero attached hydrogens (tertiary/aromatic N) is 1. The van der Waals surface area contributed by atoms with Gasteiger partial charge in [-0.3, -0.25) is 0 Å². The monoisotopic (exact) mass is 358 g/mol. The van der Waals surface area contributed by atoms with Gasteiger partial charge >= 0.3 is 0 Å². The summed E-state index contributed by atoms with van der Waals surface area (Å²) in [6, 6.07) is 11.6. The summed E-state index contributed by atoms with van der Waals surface area (Å²) in [6.45, 7) is 3.81.